The topological polar surface area (TPSA) is 53.1 Å². The van der Waals surface area contributed by atoms with E-state index < -0.39 is 0 Å². The fraction of sp³-hybridized carbons (Fsp3) is 0.438. The van der Waals surface area contributed by atoms with Gasteiger partial charge in [0.05, 0.1) is 15.9 Å². The van der Waals surface area contributed by atoms with E-state index in [9.17, 15) is 0 Å². The number of aromatic nitrogens is 2. The molecule has 0 fully saturated rings. The smallest absolute Gasteiger partial charge is 0.131 e. The van der Waals surface area contributed by atoms with Crippen LogP contribution in [0.1, 0.15) is 43.8 Å². The van der Waals surface area contributed by atoms with E-state index in [2.05, 4.69) is 34.9 Å². The SMILES string of the molecule is CCc1nn(CC)c(COc2ccccc2C(C)N)c1Br. The Hall–Kier alpha value is -1.33. The second-order valence-corrected chi connectivity index (χ2v) is 5.78. The summed E-state index contributed by atoms with van der Waals surface area (Å²) in [6.07, 6.45) is 0.900. The monoisotopic (exact) mass is 351 g/mol. The number of halogens is 1. The lowest BCUT2D eigenvalue weighted by molar-refractivity contribution is 0.287. The molecule has 5 heteroatoms. The van der Waals surface area contributed by atoms with Crippen LogP contribution in [0.5, 0.6) is 5.75 Å². The number of aryl methyl sites for hydroxylation is 2. The van der Waals surface area contributed by atoms with Crippen LogP contribution in [0, 0.1) is 0 Å². The molecule has 0 aliphatic carbocycles. The third-order valence-corrected chi connectivity index (χ3v) is 4.38. The Bertz CT molecular complexity index is 608. The highest BCUT2D eigenvalue weighted by Crippen LogP contribution is 2.27. The molecule has 1 aromatic heterocycles. The Morgan fingerprint density at radius 3 is 2.67 bits per heavy atom. The van der Waals surface area contributed by atoms with Crippen LogP contribution in [0.3, 0.4) is 0 Å². The first kappa shape index (κ1) is 16.0. The molecule has 2 aromatic rings. The summed E-state index contributed by atoms with van der Waals surface area (Å²) in [5.74, 6) is 0.835. The highest BCUT2D eigenvalue weighted by atomic mass is 79.9. The summed E-state index contributed by atoms with van der Waals surface area (Å²) in [5.41, 5.74) is 9.14. The molecular weight excluding hydrogens is 330 g/mol. The first-order valence-corrected chi connectivity index (χ1v) is 8.09. The van der Waals surface area contributed by atoms with Crippen LogP contribution < -0.4 is 10.5 Å². The van der Waals surface area contributed by atoms with Crippen LogP contribution in [0.2, 0.25) is 0 Å². The minimum atomic E-state index is -0.0491. The van der Waals surface area contributed by atoms with Crippen molar-refractivity contribution in [3.05, 3.63) is 45.7 Å². The van der Waals surface area contributed by atoms with Crippen molar-refractivity contribution < 1.29 is 4.74 Å². The number of hydrogen-bond donors (Lipinski definition) is 1. The lowest BCUT2D eigenvalue weighted by atomic mass is 10.1. The van der Waals surface area contributed by atoms with Gasteiger partial charge in [-0.2, -0.15) is 5.10 Å². The van der Waals surface area contributed by atoms with Gasteiger partial charge in [-0.15, -0.1) is 0 Å². The van der Waals surface area contributed by atoms with Gasteiger partial charge in [-0.1, -0.05) is 25.1 Å². The highest BCUT2D eigenvalue weighted by molar-refractivity contribution is 9.10. The highest BCUT2D eigenvalue weighted by Gasteiger charge is 2.15. The fourth-order valence-electron chi connectivity index (χ4n) is 2.29. The minimum absolute atomic E-state index is 0.0491. The number of nitrogens with two attached hydrogens (primary N) is 1. The van der Waals surface area contributed by atoms with Gasteiger partial charge in [0.1, 0.15) is 12.4 Å². The third-order valence-electron chi connectivity index (χ3n) is 3.47. The standard InChI is InChI=1S/C16H22BrN3O/c1-4-13-16(17)14(20(5-2)19-13)10-21-15-9-7-6-8-12(15)11(3)18/h6-9,11H,4-5,10,18H2,1-3H3. The van der Waals surface area contributed by atoms with E-state index in [0.29, 0.717) is 6.61 Å². The third kappa shape index (κ3) is 3.47. The number of nitrogens with zero attached hydrogens (tertiary/aromatic N) is 2. The normalized spacial score (nSPS) is 12.4. The molecule has 1 unspecified atom stereocenters. The second kappa shape index (κ2) is 7.09. The van der Waals surface area contributed by atoms with Crippen molar-refractivity contribution in [1.29, 1.82) is 0 Å². The Morgan fingerprint density at radius 1 is 1.33 bits per heavy atom. The lowest BCUT2D eigenvalue weighted by Gasteiger charge is -2.14. The van der Waals surface area contributed by atoms with Crippen molar-refractivity contribution in [3.63, 3.8) is 0 Å². The Balaban J connectivity index is 2.23. The minimum Gasteiger partial charge on any atom is -0.487 e. The summed E-state index contributed by atoms with van der Waals surface area (Å²) in [7, 11) is 0. The predicted octanol–water partition coefficient (Wildman–Crippen LogP) is 3.83. The summed E-state index contributed by atoms with van der Waals surface area (Å²) in [4.78, 5) is 0. The number of benzene rings is 1. The maximum Gasteiger partial charge on any atom is 0.131 e. The molecule has 0 amide bonds. The maximum absolute atomic E-state index is 5.99. The molecule has 0 aliphatic heterocycles. The average Bonchev–Trinajstić information content (AvgIpc) is 2.80. The molecule has 0 saturated carbocycles. The molecule has 1 atom stereocenters. The summed E-state index contributed by atoms with van der Waals surface area (Å²) in [5, 5.41) is 4.58. The van der Waals surface area contributed by atoms with Crippen LogP contribution in [0.4, 0.5) is 0 Å². The van der Waals surface area contributed by atoms with Crippen molar-refractivity contribution in [2.75, 3.05) is 0 Å². The van der Waals surface area contributed by atoms with Crippen LogP contribution in [0.15, 0.2) is 28.7 Å². The van der Waals surface area contributed by atoms with Crippen molar-refractivity contribution >= 4 is 15.9 Å². The molecule has 4 nitrogen and oxygen atoms in total. The first-order valence-electron chi connectivity index (χ1n) is 7.29. The van der Waals surface area contributed by atoms with Gasteiger partial charge in [0.2, 0.25) is 0 Å². The fourth-order valence-corrected chi connectivity index (χ4v) is 2.97. The van der Waals surface area contributed by atoms with Gasteiger partial charge in [-0.3, -0.25) is 4.68 Å². The van der Waals surface area contributed by atoms with Gasteiger partial charge in [-0.25, -0.2) is 0 Å². The Morgan fingerprint density at radius 2 is 2.05 bits per heavy atom. The summed E-state index contributed by atoms with van der Waals surface area (Å²) < 4.78 is 9.02. The summed E-state index contributed by atoms with van der Waals surface area (Å²) in [6, 6.07) is 7.86. The summed E-state index contributed by atoms with van der Waals surface area (Å²) >= 11 is 3.64. The molecule has 2 N–H and O–H groups in total. The second-order valence-electron chi connectivity index (χ2n) is 4.99. The predicted molar refractivity (Wildman–Crippen MR) is 88.4 cm³/mol. The van der Waals surface area contributed by atoms with Crippen LogP contribution >= 0.6 is 15.9 Å². The molecule has 1 heterocycles. The quantitative estimate of drug-likeness (QED) is 0.860. The molecule has 2 rings (SSSR count). The number of ether oxygens (including phenoxy) is 1. The largest absolute Gasteiger partial charge is 0.487 e. The molecule has 1 aromatic carbocycles. The maximum atomic E-state index is 5.99. The Labute approximate surface area is 134 Å². The lowest BCUT2D eigenvalue weighted by Crippen LogP contribution is -2.10. The molecule has 0 radical (unpaired) electrons. The van der Waals surface area contributed by atoms with E-state index >= 15 is 0 Å². The first-order chi connectivity index (χ1) is 10.1. The van der Waals surface area contributed by atoms with Crippen molar-refractivity contribution in [1.82, 2.24) is 9.78 Å². The van der Waals surface area contributed by atoms with Gasteiger partial charge in [0, 0.05) is 18.2 Å². The van der Waals surface area contributed by atoms with E-state index in [0.717, 1.165) is 40.1 Å². The molecule has 0 bridgehead atoms. The van der Waals surface area contributed by atoms with E-state index in [4.69, 9.17) is 10.5 Å². The van der Waals surface area contributed by atoms with Crippen molar-refractivity contribution in [2.24, 2.45) is 5.73 Å². The van der Waals surface area contributed by atoms with E-state index in [1.165, 1.54) is 0 Å². The molecule has 0 saturated heterocycles. The van der Waals surface area contributed by atoms with E-state index in [1.54, 1.807) is 0 Å². The van der Waals surface area contributed by atoms with Crippen molar-refractivity contribution in [3.8, 4) is 5.75 Å². The molecular formula is C16H22BrN3O. The van der Waals surface area contributed by atoms with Gasteiger partial charge in [-0.05, 0) is 42.3 Å². The molecule has 21 heavy (non-hydrogen) atoms. The zero-order chi connectivity index (χ0) is 15.4. The van der Waals surface area contributed by atoms with Gasteiger partial charge in [0.25, 0.3) is 0 Å². The van der Waals surface area contributed by atoms with Gasteiger partial charge < -0.3 is 10.5 Å². The molecule has 0 spiro atoms. The number of para-hydroxylation sites is 1. The zero-order valence-corrected chi connectivity index (χ0v) is 14.4. The van der Waals surface area contributed by atoms with Crippen molar-refractivity contribution in [2.45, 2.75) is 46.4 Å². The van der Waals surface area contributed by atoms with E-state index in [-0.39, 0.29) is 6.04 Å². The van der Waals surface area contributed by atoms with E-state index in [1.807, 2.05) is 35.9 Å². The number of hydrogen-bond acceptors (Lipinski definition) is 3. The molecule has 0 aliphatic rings. The van der Waals surface area contributed by atoms with Crippen LogP contribution in [-0.2, 0) is 19.6 Å². The average molecular weight is 352 g/mol. The van der Waals surface area contributed by atoms with Crippen LogP contribution in [-0.4, -0.2) is 9.78 Å². The van der Waals surface area contributed by atoms with Crippen LogP contribution in [0.25, 0.3) is 0 Å². The molecule has 114 valence electrons. The zero-order valence-electron chi connectivity index (χ0n) is 12.8. The number of rotatable bonds is 6. The van der Waals surface area contributed by atoms with Gasteiger partial charge in [0.15, 0.2) is 0 Å². The van der Waals surface area contributed by atoms with Gasteiger partial charge >= 0.3 is 0 Å². The Kier molecular flexibility index (Phi) is 5.42. The summed E-state index contributed by atoms with van der Waals surface area (Å²) in [6.45, 7) is 7.45.